The number of aliphatic hydroxyl groups excluding tert-OH is 1. The molecule has 0 radical (unpaired) electrons. The minimum absolute atomic E-state index is 0.274. The molecule has 0 fully saturated rings. The van der Waals surface area contributed by atoms with E-state index < -0.39 is 6.10 Å². The van der Waals surface area contributed by atoms with Crippen molar-refractivity contribution in [1.82, 2.24) is 19.7 Å². The second-order valence-corrected chi connectivity index (χ2v) is 8.22. The molecule has 3 rings (SSSR count). The first kappa shape index (κ1) is 21.6. The van der Waals surface area contributed by atoms with Crippen molar-refractivity contribution in [3.05, 3.63) is 71.0 Å². The minimum atomic E-state index is -0.465. The summed E-state index contributed by atoms with van der Waals surface area (Å²) in [5.74, 6) is 1.85. The van der Waals surface area contributed by atoms with Gasteiger partial charge in [-0.05, 0) is 24.7 Å². The third-order valence-corrected chi connectivity index (χ3v) is 5.82. The molecule has 0 aliphatic rings. The van der Waals surface area contributed by atoms with Gasteiger partial charge in [-0.2, -0.15) is 0 Å². The molecule has 154 valence electrons. The zero-order valence-corrected chi connectivity index (χ0v) is 18.1. The van der Waals surface area contributed by atoms with Crippen LogP contribution in [0.3, 0.4) is 0 Å². The molecular weight excluding hydrogens is 408 g/mol. The summed E-state index contributed by atoms with van der Waals surface area (Å²) in [4.78, 5) is 2.11. The van der Waals surface area contributed by atoms with Crippen molar-refractivity contribution in [3.63, 3.8) is 0 Å². The minimum Gasteiger partial charge on any atom is -0.484 e. The Morgan fingerprint density at radius 1 is 1.14 bits per heavy atom. The van der Waals surface area contributed by atoms with Crippen LogP contribution in [-0.2, 0) is 20.2 Å². The number of aromatic nitrogens is 3. The van der Waals surface area contributed by atoms with Crippen LogP contribution in [0.5, 0.6) is 5.75 Å². The third-order valence-electron chi connectivity index (χ3n) is 4.34. The smallest absolute Gasteiger partial charge is 0.191 e. The highest BCUT2D eigenvalue weighted by Gasteiger charge is 2.14. The van der Waals surface area contributed by atoms with Gasteiger partial charge in [0.25, 0.3) is 0 Å². The van der Waals surface area contributed by atoms with Gasteiger partial charge >= 0.3 is 0 Å². The Kier molecular flexibility index (Phi) is 7.94. The Morgan fingerprint density at radius 2 is 1.86 bits per heavy atom. The van der Waals surface area contributed by atoms with Crippen molar-refractivity contribution in [2.75, 3.05) is 19.3 Å². The van der Waals surface area contributed by atoms with E-state index in [9.17, 15) is 5.11 Å². The van der Waals surface area contributed by atoms with E-state index in [1.54, 1.807) is 6.07 Å². The van der Waals surface area contributed by atoms with Crippen LogP contribution in [0.15, 0.2) is 59.8 Å². The topological polar surface area (TPSA) is 63.4 Å². The maximum atomic E-state index is 10.4. The van der Waals surface area contributed by atoms with Gasteiger partial charge in [-0.25, -0.2) is 0 Å². The molecule has 0 bridgehead atoms. The number of hydrogen-bond acceptors (Lipinski definition) is 6. The van der Waals surface area contributed by atoms with E-state index in [0.717, 1.165) is 11.7 Å². The van der Waals surface area contributed by atoms with Gasteiger partial charge in [-0.15, -0.1) is 10.2 Å². The number of benzene rings is 2. The largest absolute Gasteiger partial charge is 0.484 e. The summed E-state index contributed by atoms with van der Waals surface area (Å²) in [5.41, 5.74) is 1.23. The fourth-order valence-electron chi connectivity index (χ4n) is 2.84. The van der Waals surface area contributed by atoms with Crippen LogP contribution in [0, 0.1) is 0 Å². The summed E-state index contributed by atoms with van der Waals surface area (Å²) in [6.07, 6.45) is -0.465. The van der Waals surface area contributed by atoms with E-state index in [1.165, 1.54) is 17.3 Å². The van der Waals surface area contributed by atoms with E-state index >= 15 is 0 Å². The lowest BCUT2D eigenvalue weighted by Crippen LogP contribution is -2.30. The highest BCUT2D eigenvalue weighted by atomic mass is 35.5. The van der Waals surface area contributed by atoms with E-state index in [2.05, 4.69) is 27.2 Å². The second-order valence-electron chi connectivity index (χ2n) is 6.82. The second kappa shape index (κ2) is 10.6. The summed E-state index contributed by atoms with van der Waals surface area (Å²) >= 11 is 7.59. The molecular formula is C21H25ClN4O2S. The Morgan fingerprint density at radius 3 is 2.62 bits per heavy atom. The van der Waals surface area contributed by atoms with Gasteiger partial charge in [0, 0.05) is 25.9 Å². The number of likely N-dealkylation sites (N-methyl/N-ethyl adjacent to an activating group) is 1. The van der Waals surface area contributed by atoms with Gasteiger partial charge in [-0.1, -0.05) is 65.8 Å². The average molecular weight is 433 g/mol. The zero-order valence-electron chi connectivity index (χ0n) is 16.5. The SMILES string of the molecule is CN(Cc1ccccc1)CC(O)CSc1nnc(COc2ccccc2Cl)n1C. The first-order valence-corrected chi connectivity index (χ1v) is 10.7. The van der Waals surface area contributed by atoms with Crippen LogP contribution in [0.2, 0.25) is 5.02 Å². The Hall–Kier alpha value is -2.06. The third kappa shape index (κ3) is 6.47. The van der Waals surface area contributed by atoms with Gasteiger partial charge in [0.2, 0.25) is 0 Å². The number of aliphatic hydroxyl groups is 1. The molecule has 3 aromatic rings. The molecule has 1 heterocycles. The van der Waals surface area contributed by atoms with Crippen molar-refractivity contribution in [3.8, 4) is 5.75 Å². The molecule has 8 heteroatoms. The average Bonchev–Trinajstić information content (AvgIpc) is 3.06. The predicted octanol–water partition coefficient (Wildman–Crippen LogP) is 3.63. The molecule has 6 nitrogen and oxygen atoms in total. The van der Waals surface area contributed by atoms with Crippen LogP contribution in [0.25, 0.3) is 0 Å². The van der Waals surface area contributed by atoms with E-state index in [4.69, 9.17) is 16.3 Å². The molecule has 0 amide bonds. The maximum absolute atomic E-state index is 10.4. The number of hydrogen-bond donors (Lipinski definition) is 1. The van der Waals surface area contributed by atoms with E-state index in [-0.39, 0.29) is 6.61 Å². The summed E-state index contributed by atoms with van der Waals surface area (Å²) in [5, 5.41) is 20.1. The van der Waals surface area contributed by atoms with Gasteiger partial charge < -0.3 is 14.4 Å². The number of para-hydroxylation sites is 1. The molecule has 0 aliphatic heterocycles. The standard InChI is InChI=1S/C21H25ClN4O2S/c1-25(12-16-8-4-3-5-9-16)13-17(27)15-29-21-24-23-20(26(21)2)14-28-19-11-7-6-10-18(19)22/h3-11,17,27H,12-15H2,1-2H3. The molecule has 0 spiro atoms. The number of rotatable bonds is 10. The molecule has 0 saturated carbocycles. The van der Waals surface area contributed by atoms with Crippen molar-refractivity contribution in [2.24, 2.45) is 7.05 Å². The molecule has 1 unspecified atom stereocenters. The predicted molar refractivity (Wildman–Crippen MR) is 116 cm³/mol. The van der Waals surface area contributed by atoms with Crippen molar-refractivity contribution < 1.29 is 9.84 Å². The molecule has 2 aromatic carbocycles. The zero-order chi connectivity index (χ0) is 20.6. The quantitative estimate of drug-likeness (QED) is 0.493. The number of ether oxygens (including phenoxy) is 1. The van der Waals surface area contributed by atoms with Crippen LogP contribution < -0.4 is 4.74 Å². The molecule has 1 aromatic heterocycles. The van der Waals surface area contributed by atoms with Gasteiger partial charge in [0.05, 0.1) is 11.1 Å². The summed E-state index contributed by atoms with van der Waals surface area (Å²) in [6, 6.07) is 17.6. The number of halogens is 1. The fourth-order valence-corrected chi connectivity index (χ4v) is 3.88. The normalized spacial score (nSPS) is 12.3. The Labute approximate surface area is 180 Å². The lowest BCUT2D eigenvalue weighted by molar-refractivity contribution is 0.142. The van der Waals surface area contributed by atoms with Gasteiger partial charge in [-0.3, -0.25) is 4.90 Å². The van der Waals surface area contributed by atoms with Crippen LogP contribution in [-0.4, -0.2) is 50.2 Å². The van der Waals surface area contributed by atoms with Crippen LogP contribution in [0.4, 0.5) is 0 Å². The molecule has 0 saturated heterocycles. The Bertz CT molecular complexity index is 907. The van der Waals surface area contributed by atoms with Crippen LogP contribution in [0.1, 0.15) is 11.4 Å². The lowest BCUT2D eigenvalue weighted by atomic mass is 10.2. The van der Waals surface area contributed by atoms with Gasteiger partial charge in [0.15, 0.2) is 11.0 Å². The molecule has 0 aliphatic carbocycles. The number of nitrogens with zero attached hydrogens (tertiary/aromatic N) is 4. The lowest BCUT2D eigenvalue weighted by Gasteiger charge is -2.20. The van der Waals surface area contributed by atoms with E-state index in [0.29, 0.717) is 28.9 Å². The highest BCUT2D eigenvalue weighted by Crippen LogP contribution is 2.24. The summed E-state index contributed by atoms with van der Waals surface area (Å²) < 4.78 is 7.61. The van der Waals surface area contributed by atoms with Crippen molar-refractivity contribution in [2.45, 2.75) is 24.4 Å². The maximum Gasteiger partial charge on any atom is 0.191 e. The van der Waals surface area contributed by atoms with Crippen molar-refractivity contribution >= 4 is 23.4 Å². The van der Waals surface area contributed by atoms with Crippen molar-refractivity contribution in [1.29, 1.82) is 0 Å². The Balaban J connectivity index is 1.46. The fraction of sp³-hybridized carbons (Fsp3) is 0.333. The molecule has 1 atom stereocenters. The van der Waals surface area contributed by atoms with E-state index in [1.807, 2.05) is 55.1 Å². The first-order chi connectivity index (χ1) is 14.0. The highest BCUT2D eigenvalue weighted by molar-refractivity contribution is 7.99. The summed E-state index contributed by atoms with van der Waals surface area (Å²) in [7, 11) is 3.90. The van der Waals surface area contributed by atoms with Crippen LogP contribution >= 0.6 is 23.4 Å². The molecule has 29 heavy (non-hydrogen) atoms. The first-order valence-electron chi connectivity index (χ1n) is 9.32. The number of thioether (sulfide) groups is 1. The van der Waals surface area contributed by atoms with Gasteiger partial charge in [0.1, 0.15) is 12.4 Å². The molecule has 1 N–H and O–H groups in total. The monoisotopic (exact) mass is 432 g/mol. The summed E-state index contributed by atoms with van der Waals surface area (Å²) in [6.45, 7) is 1.66.